The third kappa shape index (κ3) is 5.96. The van der Waals surface area contributed by atoms with E-state index in [4.69, 9.17) is 9.47 Å². The molecule has 0 atom stereocenters. The molecule has 0 aromatic heterocycles. The summed E-state index contributed by atoms with van der Waals surface area (Å²) in [5.41, 5.74) is 2.51. The molecule has 12 heteroatoms. The lowest BCUT2D eigenvalue weighted by molar-refractivity contribution is -0.384. The summed E-state index contributed by atoms with van der Waals surface area (Å²) in [5, 5.41) is 15.8. The highest BCUT2D eigenvalue weighted by atomic mass is 16.6. The monoisotopic (exact) mass is 544 g/mol. The molecule has 0 spiro atoms. The van der Waals surface area contributed by atoms with E-state index in [1.54, 1.807) is 6.07 Å². The number of ether oxygens (including phenoxy) is 2. The van der Waals surface area contributed by atoms with Crippen molar-refractivity contribution in [3.05, 3.63) is 93.0 Å². The standard InChI is InChI=1S/C28H24N4O8/c1-16-4-10-22(17(2)12-16)29-25(33)15-40-23-11-5-18(14-24(23)39-3)13-21-26(34)30-28(36)31(27(21)35)19-6-8-20(9-7-19)32(37)38/h4-14H,15H2,1-3H3,(H,29,33)(H,30,34,36)/b21-13-. The zero-order chi connectivity index (χ0) is 29.0. The Morgan fingerprint density at radius 1 is 1.02 bits per heavy atom. The van der Waals surface area contributed by atoms with Crippen LogP contribution in [-0.4, -0.2) is 42.4 Å². The number of methoxy groups -OCH3 is 1. The molecule has 0 saturated carbocycles. The van der Waals surface area contributed by atoms with Crippen LogP contribution >= 0.6 is 0 Å². The summed E-state index contributed by atoms with van der Waals surface area (Å²) in [4.78, 5) is 61.4. The smallest absolute Gasteiger partial charge is 0.335 e. The number of hydrogen-bond donors (Lipinski definition) is 2. The quantitative estimate of drug-likeness (QED) is 0.187. The topological polar surface area (TPSA) is 157 Å². The van der Waals surface area contributed by atoms with Crippen LogP contribution in [0.5, 0.6) is 11.5 Å². The van der Waals surface area contributed by atoms with Crippen LogP contribution in [0.4, 0.5) is 21.9 Å². The van der Waals surface area contributed by atoms with Crippen LogP contribution in [0.25, 0.3) is 6.08 Å². The average Bonchev–Trinajstić information content (AvgIpc) is 2.92. The van der Waals surface area contributed by atoms with E-state index in [0.29, 0.717) is 16.2 Å². The summed E-state index contributed by atoms with van der Waals surface area (Å²) in [7, 11) is 1.39. The van der Waals surface area contributed by atoms with E-state index in [0.717, 1.165) is 23.3 Å². The average molecular weight is 545 g/mol. The number of barbiturate groups is 1. The number of nitro groups is 1. The van der Waals surface area contributed by atoms with E-state index in [1.165, 1.54) is 37.5 Å². The van der Waals surface area contributed by atoms with Gasteiger partial charge in [0.15, 0.2) is 18.1 Å². The zero-order valence-electron chi connectivity index (χ0n) is 21.7. The van der Waals surface area contributed by atoms with Crippen molar-refractivity contribution in [2.45, 2.75) is 13.8 Å². The first-order valence-electron chi connectivity index (χ1n) is 11.9. The van der Waals surface area contributed by atoms with Gasteiger partial charge in [-0.25, -0.2) is 9.69 Å². The van der Waals surface area contributed by atoms with Crippen molar-refractivity contribution >= 4 is 46.9 Å². The first-order valence-corrected chi connectivity index (χ1v) is 11.9. The molecule has 1 aliphatic rings. The molecule has 5 amide bonds. The highest BCUT2D eigenvalue weighted by molar-refractivity contribution is 6.39. The molecule has 3 aromatic carbocycles. The van der Waals surface area contributed by atoms with Crippen molar-refractivity contribution in [1.29, 1.82) is 0 Å². The molecule has 40 heavy (non-hydrogen) atoms. The molecule has 4 rings (SSSR count). The summed E-state index contributed by atoms with van der Waals surface area (Å²) >= 11 is 0. The van der Waals surface area contributed by atoms with E-state index in [2.05, 4.69) is 10.6 Å². The molecule has 204 valence electrons. The van der Waals surface area contributed by atoms with Crippen molar-refractivity contribution in [2.24, 2.45) is 0 Å². The number of imide groups is 2. The Bertz CT molecular complexity index is 1560. The Morgan fingerprint density at radius 2 is 1.75 bits per heavy atom. The molecule has 12 nitrogen and oxygen atoms in total. The van der Waals surface area contributed by atoms with Gasteiger partial charge in [-0.1, -0.05) is 23.8 Å². The minimum absolute atomic E-state index is 0.0481. The Balaban J connectivity index is 1.51. The second kappa shape index (κ2) is 11.5. The molecule has 0 radical (unpaired) electrons. The minimum Gasteiger partial charge on any atom is -0.493 e. The fraction of sp³-hybridized carbons (Fsp3) is 0.143. The van der Waals surface area contributed by atoms with Gasteiger partial charge in [-0.05, 0) is 61.4 Å². The zero-order valence-corrected chi connectivity index (χ0v) is 21.7. The van der Waals surface area contributed by atoms with Crippen molar-refractivity contribution < 1.29 is 33.6 Å². The fourth-order valence-electron chi connectivity index (χ4n) is 3.96. The maximum Gasteiger partial charge on any atom is 0.335 e. The molecule has 1 heterocycles. The number of carbonyl (C=O) groups excluding carboxylic acids is 4. The summed E-state index contributed by atoms with van der Waals surface area (Å²) in [6.45, 7) is 3.55. The lowest BCUT2D eigenvalue weighted by Gasteiger charge is -2.26. The van der Waals surface area contributed by atoms with Crippen molar-refractivity contribution in [3.63, 3.8) is 0 Å². The van der Waals surface area contributed by atoms with Gasteiger partial charge in [0.05, 0.1) is 17.7 Å². The van der Waals surface area contributed by atoms with E-state index < -0.39 is 22.8 Å². The maximum absolute atomic E-state index is 13.1. The number of non-ortho nitro benzene ring substituents is 1. The van der Waals surface area contributed by atoms with Crippen LogP contribution in [-0.2, 0) is 14.4 Å². The van der Waals surface area contributed by atoms with Gasteiger partial charge < -0.3 is 14.8 Å². The summed E-state index contributed by atoms with van der Waals surface area (Å²) in [6.07, 6.45) is 1.27. The van der Waals surface area contributed by atoms with Gasteiger partial charge in [0.2, 0.25) is 0 Å². The molecule has 0 bridgehead atoms. The second-order valence-corrected chi connectivity index (χ2v) is 8.80. The van der Waals surface area contributed by atoms with E-state index in [1.807, 2.05) is 32.0 Å². The van der Waals surface area contributed by atoms with Crippen LogP contribution in [0.3, 0.4) is 0 Å². The van der Waals surface area contributed by atoms with E-state index in [-0.39, 0.29) is 41.0 Å². The number of carbonyl (C=O) groups is 4. The van der Waals surface area contributed by atoms with Gasteiger partial charge in [-0.2, -0.15) is 0 Å². The summed E-state index contributed by atoms with van der Waals surface area (Å²) in [5.74, 6) is -1.70. The maximum atomic E-state index is 13.1. The number of nitro benzene ring substituents is 1. The number of anilines is 2. The Hall–Kier alpha value is -5.52. The van der Waals surface area contributed by atoms with Crippen LogP contribution in [0, 0.1) is 24.0 Å². The van der Waals surface area contributed by atoms with Gasteiger partial charge in [0.25, 0.3) is 23.4 Å². The van der Waals surface area contributed by atoms with Crippen LogP contribution < -0.4 is 25.0 Å². The first kappa shape index (κ1) is 27.5. The predicted molar refractivity (Wildman–Crippen MR) is 145 cm³/mol. The first-order chi connectivity index (χ1) is 19.1. The van der Waals surface area contributed by atoms with Gasteiger partial charge in [0, 0.05) is 17.8 Å². The Kier molecular flexibility index (Phi) is 7.89. The second-order valence-electron chi connectivity index (χ2n) is 8.80. The number of nitrogens with zero attached hydrogens (tertiary/aromatic N) is 2. The third-order valence-electron chi connectivity index (χ3n) is 5.93. The number of rotatable bonds is 8. The van der Waals surface area contributed by atoms with Gasteiger partial charge >= 0.3 is 6.03 Å². The number of urea groups is 1. The van der Waals surface area contributed by atoms with Crippen molar-refractivity contribution in [3.8, 4) is 11.5 Å². The van der Waals surface area contributed by atoms with Crippen molar-refractivity contribution in [2.75, 3.05) is 23.9 Å². The van der Waals surface area contributed by atoms with Gasteiger partial charge in [-0.3, -0.25) is 29.8 Å². The fourth-order valence-corrected chi connectivity index (χ4v) is 3.96. The largest absolute Gasteiger partial charge is 0.493 e. The Labute approximate surface area is 228 Å². The lowest BCUT2D eigenvalue weighted by atomic mass is 10.1. The van der Waals surface area contributed by atoms with Crippen LogP contribution in [0.2, 0.25) is 0 Å². The number of aryl methyl sites for hydroxylation is 2. The highest BCUT2D eigenvalue weighted by Gasteiger charge is 2.37. The van der Waals surface area contributed by atoms with Crippen molar-refractivity contribution in [1.82, 2.24) is 5.32 Å². The predicted octanol–water partition coefficient (Wildman–Crippen LogP) is 3.90. The number of benzene rings is 3. The van der Waals surface area contributed by atoms with Crippen LogP contribution in [0.1, 0.15) is 16.7 Å². The third-order valence-corrected chi connectivity index (χ3v) is 5.93. The molecule has 0 aliphatic carbocycles. The SMILES string of the molecule is COc1cc(/C=C2/C(=O)NC(=O)N(c3ccc([N+](=O)[O-])cc3)C2=O)ccc1OCC(=O)Nc1ccc(C)cc1C. The minimum atomic E-state index is -0.985. The summed E-state index contributed by atoms with van der Waals surface area (Å²) < 4.78 is 11.0. The molecule has 1 fully saturated rings. The molecule has 1 aliphatic heterocycles. The molecule has 2 N–H and O–H groups in total. The van der Waals surface area contributed by atoms with E-state index >= 15 is 0 Å². The highest BCUT2D eigenvalue weighted by Crippen LogP contribution is 2.30. The van der Waals surface area contributed by atoms with Gasteiger partial charge in [0.1, 0.15) is 5.57 Å². The Morgan fingerprint density at radius 3 is 2.40 bits per heavy atom. The molecular weight excluding hydrogens is 520 g/mol. The lowest BCUT2D eigenvalue weighted by Crippen LogP contribution is -2.54. The molecule has 0 unspecified atom stereocenters. The molecule has 3 aromatic rings. The van der Waals surface area contributed by atoms with E-state index in [9.17, 15) is 29.3 Å². The number of nitrogens with one attached hydrogen (secondary N) is 2. The number of hydrogen-bond acceptors (Lipinski definition) is 8. The van der Waals surface area contributed by atoms with Crippen LogP contribution in [0.15, 0.2) is 66.2 Å². The van der Waals surface area contributed by atoms with Gasteiger partial charge in [-0.15, -0.1) is 0 Å². The normalized spacial score (nSPS) is 14.1. The molecule has 1 saturated heterocycles. The number of amides is 5. The summed E-state index contributed by atoms with van der Waals surface area (Å²) in [6, 6.07) is 14.0. The molecular formula is C28H24N4O8.